The van der Waals surface area contributed by atoms with Gasteiger partial charge in [-0.3, -0.25) is 0 Å². The first-order valence-corrected chi connectivity index (χ1v) is 5.39. The largest absolute Gasteiger partial charge is 0.390 e. The van der Waals surface area contributed by atoms with Crippen LogP contribution in [0.3, 0.4) is 0 Å². The second-order valence-corrected chi connectivity index (χ2v) is 3.99. The number of aliphatic hydroxyl groups is 1. The first-order chi connectivity index (χ1) is 7.04. The number of aryl methyl sites for hydroxylation is 1. The summed E-state index contributed by atoms with van der Waals surface area (Å²) in [7, 11) is 0. The van der Waals surface area contributed by atoms with Gasteiger partial charge >= 0.3 is 0 Å². The molecule has 0 aliphatic carbocycles. The van der Waals surface area contributed by atoms with Crippen molar-refractivity contribution in [2.24, 2.45) is 0 Å². The third-order valence-corrected chi connectivity index (χ3v) is 2.72. The van der Waals surface area contributed by atoms with Gasteiger partial charge in [-0.2, -0.15) is 0 Å². The molecule has 1 atom stereocenters. The van der Waals surface area contributed by atoms with E-state index in [-0.39, 0.29) is 18.1 Å². The fourth-order valence-electron chi connectivity index (χ4n) is 1.06. The van der Waals surface area contributed by atoms with Crippen molar-refractivity contribution in [3.8, 4) is 0 Å². The minimum atomic E-state index is -0.703. The number of alkyl halides is 1. The van der Waals surface area contributed by atoms with Crippen molar-refractivity contribution >= 4 is 28.9 Å². The van der Waals surface area contributed by atoms with Crippen LogP contribution in [0.1, 0.15) is 5.56 Å². The molecule has 1 aromatic carbocycles. The van der Waals surface area contributed by atoms with Crippen LogP contribution in [0.2, 0.25) is 5.02 Å². The van der Waals surface area contributed by atoms with E-state index in [9.17, 15) is 9.50 Å². The number of rotatable bonds is 4. The standard InChI is InChI=1S/C10H12Cl2FNO/c1-6-2-9(13)10(3-8(6)12)14-5-7(15)4-11/h2-3,7,14-15H,4-5H2,1H3. The van der Waals surface area contributed by atoms with E-state index in [1.165, 1.54) is 12.1 Å². The molecule has 0 aromatic heterocycles. The summed E-state index contributed by atoms with van der Waals surface area (Å²) in [5.41, 5.74) is 0.951. The van der Waals surface area contributed by atoms with Crippen molar-refractivity contribution in [3.63, 3.8) is 0 Å². The molecule has 1 unspecified atom stereocenters. The molecule has 2 N–H and O–H groups in total. The van der Waals surface area contributed by atoms with Crippen LogP contribution in [0.25, 0.3) is 0 Å². The summed E-state index contributed by atoms with van der Waals surface area (Å²) >= 11 is 11.2. The highest BCUT2D eigenvalue weighted by molar-refractivity contribution is 6.31. The van der Waals surface area contributed by atoms with E-state index in [2.05, 4.69) is 5.32 Å². The molecular formula is C10H12Cl2FNO. The average molecular weight is 252 g/mol. The third kappa shape index (κ3) is 3.52. The predicted octanol–water partition coefficient (Wildman–Crippen LogP) is 2.80. The Labute approximate surface area is 98.0 Å². The smallest absolute Gasteiger partial charge is 0.146 e. The topological polar surface area (TPSA) is 32.3 Å². The minimum absolute atomic E-state index is 0.105. The highest BCUT2D eigenvalue weighted by Gasteiger charge is 2.07. The lowest BCUT2D eigenvalue weighted by Crippen LogP contribution is -2.21. The van der Waals surface area contributed by atoms with Crippen LogP contribution < -0.4 is 5.32 Å². The van der Waals surface area contributed by atoms with Crippen LogP contribution >= 0.6 is 23.2 Å². The molecule has 1 rings (SSSR count). The summed E-state index contributed by atoms with van der Waals surface area (Å²) in [5.74, 6) is -0.285. The van der Waals surface area contributed by atoms with Crippen molar-refractivity contribution in [2.45, 2.75) is 13.0 Å². The van der Waals surface area contributed by atoms with Crippen molar-refractivity contribution in [1.82, 2.24) is 0 Å². The Balaban J connectivity index is 2.73. The quantitative estimate of drug-likeness (QED) is 0.807. The third-order valence-electron chi connectivity index (χ3n) is 1.95. The summed E-state index contributed by atoms with van der Waals surface area (Å²) in [4.78, 5) is 0. The Hall–Kier alpha value is -0.510. The minimum Gasteiger partial charge on any atom is -0.390 e. The van der Waals surface area contributed by atoms with Gasteiger partial charge in [0, 0.05) is 11.6 Å². The van der Waals surface area contributed by atoms with Crippen molar-refractivity contribution in [2.75, 3.05) is 17.7 Å². The van der Waals surface area contributed by atoms with E-state index >= 15 is 0 Å². The number of hydrogen-bond donors (Lipinski definition) is 2. The van der Waals surface area contributed by atoms with Crippen LogP contribution in [0.4, 0.5) is 10.1 Å². The molecule has 0 amide bonds. The van der Waals surface area contributed by atoms with Gasteiger partial charge in [0.25, 0.3) is 0 Å². The molecule has 0 saturated heterocycles. The fraction of sp³-hybridized carbons (Fsp3) is 0.400. The Morgan fingerprint density at radius 3 is 2.80 bits per heavy atom. The second-order valence-electron chi connectivity index (χ2n) is 3.27. The van der Waals surface area contributed by atoms with Gasteiger partial charge in [0.2, 0.25) is 0 Å². The summed E-state index contributed by atoms with van der Waals surface area (Å²) in [5, 5.41) is 12.4. The molecule has 0 saturated carbocycles. The van der Waals surface area contributed by atoms with Gasteiger partial charge in [-0.1, -0.05) is 11.6 Å². The van der Waals surface area contributed by atoms with Gasteiger partial charge in [0.15, 0.2) is 0 Å². The Morgan fingerprint density at radius 2 is 2.20 bits per heavy atom. The van der Waals surface area contributed by atoms with Gasteiger partial charge in [-0.25, -0.2) is 4.39 Å². The summed E-state index contributed by atoms with van der Waals surface area (Å²) < 4.78 is 13.3. The Kier molecular flexibility index (Phi) is 4.64. The number of aliphatic hydroxyl groups excluding tert-OH is 1. The molecule has 0 spiro atoms. The zero-order valence-electron chi connectivity index (χ0n) is 8.23. The maximum atomic E-state index is 13.3. The van der Waals surface area contributed by atoms with E-state index in [0.29, 0.717) is 10.6 Å². The lowest BCUT2D eigenvalue weighted by Gasteiger charge is -2.11. The molecule has 0 radical (unpaired) electrons. The molecule has 5 heteroatoms. The predicted molar refractivity (Wildman–Crippen MR) is 61.4 cm³/mol. The molecule has 2 nitrogen and oxygen atoms in total. The molecule has 15 heavy (non-hydrogen) atoms. The van der Waals surface area contributed by atoms with Gasteiger partial charge in [-0.05, 0) is 24.6 Å². The number of nitrogens with one attached hydrogen (secondary N) is 1. The van der Waals surface area contributed by atoms with E-state index in [1.807, 2.05) is 0 Å². The van der Waals surface area contributed by atoms with Crippen LogP contribution in [0, 0.1) is 12.7 Å². The first-order valence-electron chi connectivity index (χ1n) is 4.48. The van der Waals surface area contributed by atoms with Gasteiger partial charge in [0.1, 0.15) is 5.82 Å². The number of benzene rings is 1. The number of anilines is 1. The van der Waals surface area contributed by atoms with Gasteiger partial charge in [0.05, 0.1) is 17.7 Å². The van der Waals surface area contributed by atoms with Crippen LogP contribution in [-0.2, 0) is 0 Å². The molecular weight excluding hydrogens is 240 g/mol. The molecule has 0 aliphatic heterocycles. The normalized spacial score (nSPS) is 12.6. The zero-order chi connectivity index (χ0) is 11.4. The zero-order valence-corrected chi connectivity index (χ0v) is 9.74. The molecule has 0 fully saturated rings. The maximum Gasteiger partial charge on any atom is 0.146 e. The Morgan fingerprint density at radius 1 is 1.53 bits per heavy atom. The second kappa shape index (κ2) is 5.54. The number of hydrogen-bond acceptors (Lipinski definition) is 2. The molecule has 0 bridgehead atoms. The highest BCUT2D eigenvalue weighted by Crippen LogP contribution is 2.23. The maximum absolute atomic E-state index is 13.3. The van der Waals surface area contributed by atoms with E-state index in [4.69, 9.17) is 23.2 Å². The lowest BCUT2D eigenvalue weighted by molar-refractivity contribution is 0.211. The van der Waals surface area contributed by atoms with Crippen LogP contribution in [-0.4, -0.2) is 23.6 Å². The van der Waals surface area contributed by atoms with Crippen molar-refractivity contribution in [3.05, 3.63) is 28.5 Å². The van der Waals surface area contributed by atoms with Crippen LogP contribution in [0.5, 0.6) is 0 Å². The monoisotopic (exact) mass is 251 g/mol. The summed E-state index contributed by atoms with van der Waals surface area (Å²) in [6, 6.07) is 2.84. The fourth-order valence-corrected chi connectivity index (χ4v) is 1.34. The number of halogens is 3. The molecule has 1 aromatic rings. The molecule has 0 heterocycles. The molecule has 0 aliphatic rings. The van der Waals surface area contributed by atoms with Crippen molar-refractivity contribution < 1.29 is 9.50 Å². The summed E-state index contributed by atoms with van der Waals surface area (Å²) in [6.07, 6.45) is -0.703. The first kappa shape index (κ1) is 12.6. The van der Waals surface area contributed by atoms with Crippen LogP contribution in [0.15, 0.2) is 12.1 Å². The van der Waals surface area contributed by atoms with Gasteiger partial charge in [-0.15, -0.1) is 11.6 Å². The van der Waals surface area contributed by atoms with E-state index in [1.54, 1.807) is 6.92 Å². The SMILES string of the molecule is Cc1cc(F)c(NCC(O)CCl)cc1Cl. The van der Waals surface area contributed by atoms with E-state index in [0.717, 1.165) is 0 Å². The molecule has 84 valence electrons. The van der Waals surface area contributed by atoms with Gasteiger partial charge < -0.3 is 10.4 Å². The average Bonchev–Trinajstić information content (AvgIpc) is 2.21. The Bertz CT molecular complexity index is 346. The highest BCUT2D eigenvalue weighted by atomic mass is 35.5. The van der Waals surface area contributed by atoms with Crippen molar-refractivity contribution in [1.29, 1.82) is 0 Å². The lowest BCUT2D eigenvalue weighted by atomic mass is 10.2. The van der Waals surface area contributed by atoms with E-state index < -0.39 is 11.9 Å². The summed E-state index contributed by atoms with van der Waals surface area (Å²) in [6.45, 7) is 1.92.